The highest BCUT2D eigenvalue weighted by atomic mass is 16.2. The number of ketones is 1. The zero-order valence-corrected chi connectivity index (χ0v) is 6.31. The Hall–Kier alpha value is -0.860. The number of carbonyl (C=O) groups is 2. The molecule has 0 aromatic rings. The SMILES string of the molecule is [CH2]NC(=O)CC(=O)C(C)C. The molecule has 0 saturated heterocycles. The zero-order valence-electron chi connectivity index (χ0n) is 6.31. The van der Waals surface area contributed by atoms with Gasteiger partial charge in [-0.1, -0.05) is 13.8 Å². The predicted octanol–water partition coefficient (Wildman–Crippen LogP) is 0.509. The van der Waals surface area contributed by atoms with Crippen LogP contribution in [-0.2, 0) is 9.59 Å². The first kappa shape index (κ1) is 9.14. The topological polar surface area (TPSA) is 46.2 Å². The minimum absolute atomic E-state index is 0.0544. The second-order valence-electron chi connectivity index (χ2n) is 2.40. The first-order valence-electron chi connectivity index (χ1n) is 3.16. The maximum atomic E-state index is 10.8. The van der Waals surface area contributed by atoms with E-state index in [-0.39, 0.29) is 24.0 Å². The summed E-state index contributed by atoms with van der Waals surface area (Å²) in [6.07, 6.45) is -0.0544. The molecule has 0 bridgehead atoms. The van der Waals surface area contributed by atoms with Crippen molar-refractivity contribution in [2.75, 3.05) is 0 Å². The number of amides is 1. The molecule has 1 N–H and O–H groups in total. The summed E-state index contributed by atoms with van der Waals surface area (Å²) in [4.78, 5) is 21.4. The third-order valence-corrected chi connectivity index (χ3v) is 1.18. The van der Waals surface area contributed by atoms with Crippen molar-refractivity contribution in [3.05, 3.63) is 7.05 Å². The van der Waals surface area contributed by atoms with E-state index in [0.717, 1.165) is 0 Å². The van der Waals surface area contributed by atoms with Crippen molar-refractivity contribution in [1.82, 2.24) is 5.32 Å². The molecule has 0 saturated carbocycles. The van der Waals surface area contributed by atoms with Crippen molar-refractivity contribution in [3.8, 4) is 0 Å². The quantitative estimate of drug-likeness (QED) is 0.583. The molecule has 0 aliphatic rings. The van der Waals surface area contributed by atoms with E-state index in [4.69, 9.17) is 0 Å². The van der Waals surface area contributed by atoms with E-state index in [1.807, 2.05) is 0 Å². The number of hydrogen-bond acceptors (Lipinski definition) is 2. The minimum Gasteiger partial charge on any atom is -0.354 e. The van der Waals surface area contributed by atoms with Crippen molar-refractivity contribution >= 4 is 11.7 Å². The Morgan fingerprint density at radius 2 is 2.00 bits per heavy atom. The molecule has 0 atom stereocenters. The van der Waals surface area contributed by atoms with Gasteiger partial charge in [0.25, 0.3) is 0 Å². The molecule has 0 unspecified atom stereocenters. The molecule has 0 aromatic carbocycles. The van der Waals surface area contributed by atoms with Gasteiger partial charge in [-0.25, -0.2) is 0 Å². The van der Waals surface area contributed by atoms with Crippen LogP contribution >= 0.6 is 0 Å². The Kier molecular flexibility index (Phi) is 3.69. The highest BCUT2D eigenvalue weighted by Gasteiger charge is 2.10. The second kappa shape index (κ2) is 4.04. The molecule has 10 heavy (non-hydrogen) atoms. The summed E-state index contributed by atoms with van der Waals surface area (Å²) in [7, 11) is 3.15. The molecule has 0 spiro atoms. The Balaban J connectivity index is 3.69. The van der Waals surface area contributed by atoms with Crippen molar-refractivity contribution in [1.29, 1.82) is 0 Å². The standard InChI is InChI=1S/C7H12NO2/c1-5(2)6(9)4-7(10)8-3/h5H,3-4H2,1-2H3,(H,8,10). The second-order valence-corrected chi connectivity index (χ2v) is 2.40. The summed E-state index contributed by atoms with van der Waals surface area (Å²) in [6, 6.07) is 0. The van der Waals surface area contributed by atoms with Crippen molar-refractivity contribution in [2.45, 2.75) is 20.3 Å². The van der Waals surface area contributed by atoms with Crippen molar-refractivity contribution < 1.29 is 9.59 Å². The molecule has 3 nitrogen and oxygen atoms in total. The largest absolute Gasteiger partial charge is 0.354 e. The number of hydrogen-bond donors (Lipinski definition) is 1. The van der Waals surface area contributed by atoms with Gasteiger partial charge in [0.05, 0.1) is 6.42 Å². The van der Waals surface area contributed by atoms with Crippen LogP contribution in [0.15, 0.2) is 0 Å². The molecule has 0 aliphatic carbocycles. The lowest BCUT2D eigenvalue weighted by Gasteiger charge is -2.01. The highest BCUT2D eigenvalue weighted by molar-refractivity contribution is 5.98. The van der Waals surface area contributed by atoms with Gasteiger partial charge in [0.2, 0.25) is 5.91 Å². The summed E-state index contributed by atoms with van der Waals surface area (Å²) in [5.74, 6) is -0.447. The molecule has 0 aliphatic heterocycles. The molecule has 1 amide bonds. The lowest BCUT2D eigenvalue weighted by Crippen LogP contribution is -2.21. The molecule has 3 heteroatoms. The van der Waals surface area contributed by atoms with Crippen LogP contribution in [0.5, 0.6) is 0 Å². The summed E-state index contributed by atoms with van der Waals surface area (Å²) >= 11 is 0. The Morgan fingerprint density at radius 1 is 1.50 bits per heavy atom. The fourth-order valence-electron chi connectivity index (χ4n) is 0.425. The average Bonchev–Trinajstić information content (AvgIpc) is 1.87. The molecule has 0 rings (SSSR count). The van der Waals surface area contributed by atoms with E-state index in [2.05, 4.69) is 12.4 Å². The number of nitrogens with one attached hydrogen (secondary N) is 1. The number of rotatable bonds is 3. The van der Waals surface area contributed by atoms with E-state index in [1.165, 1.54) is 0 Å². The molecule has 57 valence electrons. The fourth-order valence-corrected chi connectivity index (χ4v) is 0.425. The third kappa shape index (κ3) is 3.22. The van der Waals surface area contributed by atoms with Crippen LogP contribution in [0.2, 0.25) is 0 Å². The normalized spacial score (nSPS) is 9.60. The first-order chi connectivity index (χ1) is 4.57. The lowest BCUT2D eigenvalue weighted by atomic mass is 10.1. The van der Waals surface area contributed by atoms with Crippen LogP contribution in [0.25, 0.3) is 0 Å². The molecular weight excluding hydrogens is 130 g/mol. The molecule has 0 heterocycles. The van der Waals surface area contributed by atoms with E-state index in [0.29, 0.717) is 0 Å². The van der Waals surface area contributed by atoms with Crippen LogP contribution in [0.1, 0.15) is 20.3 Å². The van der Waals surface area contributed by atoms with Gasteiger partial charge in [-0.05, 0) is 0 Å². The van der Waals surface area contributed by atoms with Gasteiger partial charge in [0.15, 0.2) is 0 Å². The van der Waals surface area contributed by atoms with Crippen LogP contribution in [0.3, 0.4) is 0 Å². The molecule has 1 radical (unpaired) electrons. The van der Waals surface area contributed by atoms with E-state index < -0.39 is 0 Å². The zero-order chi connectivity index (χ0) is 8.15. The Bertz CT molecular complexity index is 141. The predicted molar refractivity (Wildman–Crippen MR) is 38.0 cm³/mol. The van der Waals surface area contributed by atoms with Gasteiger partial charge < -0.3 is 5.32 Å². The molecule has 0 fully saturated rings. The van der Waals surface area contributed by atoms with E-state index >= 15 is 0 Å². The summed E-state index contributed by atoms with van der Waals surface area (Å²) in [6.45, 7) is 3.53. The van der Waals surface area contributed by atoms with Crippen LogP contribution in [0, 0.1) is 13.0 Å². The van der Waals surface area contributed by atoms with Crippen LogP contribution in [0.4, 0.5) is 0 Å². The van der Waals surface area contributed by atoms with E-state index in [9.17, 15) is 9.59 Å². The third-order valence-electron chi connectivity index (χ3n) is 1.18. The molecule has 0 aromatic heterocycles. The summed E-state index contributed by atoms with van der Waals surface area (Å²) < 4.78 is 0. The number of Topliss-reactive ketones (excluding diaryl/α,β-unsaturated/α-hetero) is 1. The van der Waals surface area contributed by atoms with Gasteiger partial charge in [0.1, 0.15) is 5.78 Å². The smallest absolute Gasteiger partial charge is 0.227 e. The lowest BCUT2D eigenvalue weighted by molar-refractivity contribution is -0.129. The summed E-state index contributed by atoms with van der Waals surface area (Å²) in [5.41, 5.74) is 0. The van der Waals surface area contributed by atoms with Gasteiger partial charge in [0, 0.05) is 13.0 Å². The van der Waals surface area contributed by atoms with Crippen LogP contribution in [-0.4, -0.2) is 11.7 Å². The van der Waals surface area contributed by atoms with Gasteiger partial charge in [-0.3, -0.25) is 9.59 Å². The average molecular weight is 142 g/mol. The first-order valence-corrected chi connectivity index (χ1v) is 3.16. The fraction of sp³-hybridized carbons (Fsp3) is 0.571. The van der Waals surface area contributed by atoms with Gasteiger partial charge in [-0.2, -0.15) is 0 Å². The highest BCUT2D eigenvalue weighted by Crippen LogP contribution is 1.97. The number of carbonyl (C=O) groups excluding carboxylic acids is 2. The van der Waals surface area contributed by atoms with Gasteiger partial charge >= 0.3 is 0 Å². The van der Waals surface area contributed by atoms with Crippen LogP contribution < -0.4 is 5.32 Å². The maximum absolute atomic E-state index is 10.8. The van der Waals surface area contributed by atoms with Crippen molar-refractivity contribution in [3.63, 3.8) is 0 Å². The van der Waals surface area contributed by atoms with Gasteiger partial charge in [-0.15, -0.1) is 0 Å². The Morgan fingerprint density at radius 3 is 2.30 bits per heavy atom. The van der Waals surface area contributed by atoms with Crippen molar-refractivity contribution in [2.24, 2.45) is 5.92 Å². The Labute approximate surface area is 60.8 Å². The van der Waals surface area contributed by atoms with E-state index in [1.54, 1.807) is 13.8 Å². The minimum atomic E-state index is -0.321. The maximum Gasteiger partial charge on any atom is 0.227 e. The molecular formula is C7H12NO2. The summed E-state index contributed by atoms with van der Waals surface area (Å²) in [5, 5.41) is 2.14. The monoisotopic (exact) mass is 142 g/mol.